The zero-order valence-electron chi connectivity index (χ0n) is 18.2. The molecule has 1 heterocycles. The summed E-state index contributed by atoms with van der Waals surface area (Å²) in [5, 5.41) is 4.85. The maximum absolute atomic E-state index is 14.0. The quantitative estimate of drug-likeness (QED) is 0.353. The lowest BCUT2D eigenvalue weighted by Crippen LogP contribution is -2.21. The maximum Gasteiger partial charge on any atom is 0.416 e. The van der Waals surface area contributed by atoms with E-state index in [9.17, 15) is 40.3 Å². The highest BCUT2D eigenvalue weighted by molar-refractivity contribution is 6.31. The van der Waals surface area contributed by atoms with E-state index in [1.165, 1.54) is 6.07 Å². The molecule has 13 heteroatoms. The minimum Gasteiger partial charge on any atom is -0.488 e. The van der Waals surface area contributed by atoms with Crippen molar-refractivity contribution in [3.05, 3.63) is 93.0 Å². The van der Waals surface area contributed by atoms with Gasteiger partial charge in [0.25, 0.3) is 18.2 Å². The smallest absolute Gasteiger partial charge is 0.416 e. The molecule has 37 heavy (non-hydrogen) atoms. The SMILES string of the molecule is O=C(Nc1cc(OCC(F)F)cc2c1[C@H](c1cc(F)ccc1Cl)NC2=O)c1cc(F)cc(C(F)(F)F)c1. The molecule has 0 fully saturated rings. The summed E-state index contributed by atoms with van der Waals surface area (Å²) < 4.78 is 97.5. The van der Waals surface area contributed by atoms with Crippen LogP contribution in [0.3, 0.4) is 0 Å². The molecule has 2 amide bonds. The monoisotopic (exact) mass is 546 g/mol. The molecule has 0 saturated carbocycles. The fraction of sp³-hybridized carbons (Fsp3) is 0.167. The Morgan fingerprint density at radius 1 is 1.05 bits per heavy atom. The maximum atomic E-state index is 14.0. The Balaban J connectivity index is 1.81. The van der Waals surface area contributed by atoms with Crippen molar-refractivity contribution in [2.24, 2.45) is 0 Å². The zero-order chi connectivity index (χ0) is 27.1. The third-order valence-electron chi connectivity index (χ3n) is 5.34. The third kappa shape index (κ3) is 5.63. The first kappa shape index (κ1) is 26.3. The summed E-state index contributed by atoms with van der Waals surface area (Å²) in [4.78, 5) is 25.6. The van der Waals surface area contributed by atoms with Crippen LogP contribution >= 0.6 is 11.6 Å². The molecule has 3 aromatic rings. The van der Waals surface area contributed by atoms with E-state index in [0.717, 1.165) is 24.3 Å². The second kappa shape index (κ2) is 9.92. The summed E-state index contributed by atoms with van der Waals surface area (Å²) in [6.07, 6.45) is -7.83. The largest absolute Gasteiger partial charge is 0.488 e. The lowest BCUT2D eigenvalue weighted by Gasteiger charge is -2.19. The predicted molar refractivity (Wildman–Crippen MR) is 118 cm³/mol. The Kier molecular flexibility index (Phi) is 7.05. The van der Waals surface area contributed by atoms with Crippen LogP contribution in [0.2, 0.25) is 5.02 Å². The van der Waals surface area contributed by atoms with Crippen LogP contribution in [0, 0.1) is 11.6 Å². The molecule has 194 valence electrons. The standard InChI is InChI=1S/C24H14ClF7N2O3/c25-17-2-1-12(26)6-15(17)21-20-16(23(36)34-21)7-14(37-9-19(28)29)8-18(20)33-22(35)10-3-11(24(30,31)32)5-13(27)4-10/h1-8,19,21H,9H2,(H,33,35)(H,34,36)/t21-/m0/s1. The summed E-state index contributed by atoms with van der Waals surface area (Å²) >= 11 is 6.18. The van der Waals surface area contributed by atoms with Crippen molar-refractivity contribution < 1.29 is 45.1 Å². The summed E-state index contributed by atoms with van der Waals surface area (Å²) in [5.74, 6) is -4.26. The minimum absolute atomic E-state index is 0.0164. The topological polar surface area (TPSA) is 67.4 Å². The number of benzene rings is 3. The van der Waals surface area contributed by atoms with E-state index >= 15 is 0 Å². The normalized spacial score (nSPS) is 14.9. The van der Waals surface area contributed by atoms with Crippen LogP contribution in [0.4, 0.5) is 36.4 Å². The average Bonchev–Trinajstić information content (AvgIpc) is 3.14. The third-order valence-corrected chi connectivity index (χ3v) is 5.69. The molecule has 3 aromatic carbocycles. The van der Waals surface area contributed by atoms with Crippen LogP contribution in [0.5, 0.6) is 5.75 Å². The van der Waals surface area contributed by atoms with E-state index in [1.54, 1.807) is 0 Å². The lowest BCUT2D eigenvalue weighted by atomic mass is 9.95. The predicted octanol–water partition coefficient (Wildman–Crippen LogP) is 6.37. The number of amides is 2. The van der Waals surface area contributed by atoms with E-state index in [4.69, 9.17) is 16.3 Å². The van der Waals surface area contributed by atoms with Gasteiger partial charge in [0.05, 0.1) is 22.9 Å². The summed E-state index contributed by atoms with van der Waals surface area (Å²) in [6, 6.07) is 5.53. The van der Waals surface area contributed by atoms with Crippen LogP contribution in [-0.2, 0) is 6.18 Å². The summed E-state index contributed by atoms with van der Waals surface area (Å²) in [7, 11) is 0. The van der Waals surface area contributed by atoms with Crippen molar-refractivity contribution in [1.82, 2.24) is 5.32 Å². The minimum atomic E-state index is -4.95. The Bertz CT molecular complexity index is 1400. The number of alkyl halides is 5. The highest BCUT2D eigenvalue weighted by atomic mass is 35.5. The molecule has 0 spiro atoms. The molecule has 4 rings (SSSR count). The fourth-order valence-electron chi connectivity index (χ4n) is 3.80. The number of anilines is 1. The van der Waals surface area contributed by atoms with E-state index < -0.39 is 59.8 Å². The number of fused-ring (bicyclic) bond motifs is 1. The van der Waals surface area contributed by atoms with Crippen molar-refractivity contribution in [3.63, 3.8) is 0 Å². The number of carbonyl (C=O) groups is 2. The molecular weight excluding hydrogens is 533 g/mol. The number of rotatable bonds is 6. The molecule has 1 atom stereocenters. The van der Waals surface area contributed by atoms with Crippen LogP contribution in [-0.4, -0.2) is 24.8 Å². The zero-order valence-corrected chi connectivity index (χ0v) is 19.0. The van der Waals surface area contributed by atoms with Gasteiger partial charge in [0.2, 0.25) is 0 Å². The Morgan fingerprint density at radius 2 is 1.78 bits per heavy atom. The van der Waals surface area contributed by atoms with Gasteiger partial charge in [-0.1, -0.05) is 11.6 Å². The Labute approximate surface area is 209 Å². The van der Waals surface area contributed by atoms with Crippen LogP contribution in [0.25, 0.3) is 0 Å². The fourth-order valence-corrected chi connectivity index (χ4v) is 4.03. The molecule has 0 unspecified atom stereocenters. The van der Waals surface area contributed by atoms with Gasteiger partial charge in [-0.3, -0.25) is 9.59 Å². The van der Waals surface area contributed by atoms with Gasteiger partial charge in [-0.05, 0) is 42.5 Å². The van der Waals surface area contributed by atoms with Gasteiger partial charge < -0.3 is 15.4 Å². The second-order valence-corrected chi connectivity index (χ2v) is 8.29. The van der Waals surface area contributed by atoms with Crippen molar-refractivity contribution in [3.8, 4) is 5.75 Å². The number of nitrogens with one attached hydrogen (secondary N) is 2. The first-order valence-electron chi connectivity index (χ1n) is 10.4. The first-order chi connectivity index (χ1) is 17.3. The Morgan fingerprint density at radius 3 is 2.46 bits per heavy atom. The van der Waals surface area contributed by atoms with E-state index in [0.29, 0.717) is 12.1 Å². The van der Waals surface area contributed by atoms with Crippen LogP contribution in [0.1, 0.15) is 43.4 Å². The van der Waals surface area contributed by atoms with Gasteiger partial charge in [0.15, 0.2) is 0 Å². The molecule has 1 aliphatic rings. The molecule has 0 saturated heterocycles. The number of carbonyl (C=O) groups excluding carboxylic acids is 2. The molecule has 1 aliphatic heterocycles. The van der Waals surface area contributed by atoms with Crippen molar-refractivity contribution in [2.75, 3.05) is 11.9 Å². The van der Waals surface area contributed by atoms with Gasteiger partial charge in [-0.15, -0.1) is 0 Å². The highest BCUT2D eigenvalue weighted by Gasteiger charge is 2.36. The van der Waals surface area contributed by atoms with E-state index in [-0.39, 0.29) is 39.2 Å². The van der Waals surface area contributed by atoms with Gasteiger partial charge in [0, 0.05) is 27.8 Å². The average molecular weight is 547 g/mol. The van der Waals surface area contributed by atoms with Crippen molar-refractivity contribution in [2.45, 2.75) is 18.6 Å². The van der Waals surface area contributed by atoms with Gasteiger partial charge in [0.1, 0.15) is 24.0 Å². The van der Waals surface area contributed by atoms with Gasteiger partial charge in [-0.25, -0.2) is 17.6 Å². The molecule has 2 N–H and O–H groups in total. The van der Waals surface area contributed by atoms with Crippen LogP contribution < -0.4 is 15.4 Å². The Hall–Kier alpha value is -3.80. The molecule has 0 aliphatic carbocycles. The van der Waals surface area contributed by atoms with Crippen LogP contribution in [0.15, 0.2) is 48.5 Å². The van der Waals surface area contributed by atoms with Gasteiger partial charge >= 0.3 is 6.18 Å². The highest BCUT2D eigenvalue weighted by Crippen LogP contribution is 2.41. The number of ether oxygens (including phenoxy) is 1. The van der Waals surface area contributed by atoms with E-state index in [1.807, 2.05) is 0 Å². The summed E-state index contributed by atoms with van der Waals surface area (Å²) in [6.45, 7) is -1.06. The molecule has 0 aromatic heterocycles. The number of hydrogen-bond acceptors (Lipinski definition) is 3. The number of halogens is 8. The van der Waals surface area contributed by atoms with Crippen molar-refractivity contribution in [1.29, 1.82) is 0 Å². The second-order valence-electron chi connectivity index (χ2n) is 7.89. The van der Waals surface area contributed by atoms with E-state index in [2.05, 4.69) is 10.6 Å². The summed E-state index contributed by atoms with van der Waals surface area (Å²) in [5.41, 5.74) is -2.43. The van der Waals surface area contributed by atoms with Crippen molar-refractivity contribution >= 4 is 29.1 Å². The van der Waals surface area contributed by atoms with Gasteiger partial charge in [-0.2, -0.15) is 13.2 Å². The molecular formula is C24H14ClF7N2O3. The first-order valence-corrected chi connectivity index (χ1v) is 10.7. The molecule has 0 bridgehead atoms. The lowest BCUT2D eigenvalue weighted by molar-refractivity contribution is -0.137. The molecule has 0 radical (unpaired) electrons. The number of hydrogen-bond donors (Lipinski definition) is 2. The molecule has 5 nitrogen and oxygen atoms in total.